The first-order chi connectivity index (χ1) is 15.2. The number of pyridine rings is 1. The monoisotopic (exact) mass is 411 g/mol. The highest BCUT2D eigenvalue weighted by Crippen LogP contribution is 2.33. The second-order valence-electron chi connectivity index (χ2n) is 7.81. The van der Waals surface area contributed by atoms with Crippen LogP contribution in [0.4, 0.5) is 11.5 Å². The number of hydrogen-bond acceptors (Lipinski definition) is 4. The summed E-state index contributed by atoms with van der Waals surface area (Å²) in [4.78, 5) is 13.6. The Morgan fingerprint density at radius 1 is 1.00 bits per heavy atom. The number of benzene rings is 2. The van der Waals surface area contributed by atoms with Gasteiger partial charge in [0.15, 0.2) is 5.82 Å². The Morgan fingerprint density at radius 3 is 2.45 bits per heavy atom. The molecule has 158 valence electrons. The van der Waals surface area contributed by atoms with Gasteiger partial charge in [0.05, 0.1) is 12.1 Å². The highest BCUT2D eigenvalue weighted by atomic mass is 15.0. The fraction of sp³-hybridized carbons (Fsp3) is 0.308. The third kappa shape index (κ3) is 4.55. The summed E-state index contributed by atoms with van der Waals surface area (Å²) in [6.45, 7) is 4.83. The molecule has 2 heterocycles. The van der Waals surface area contributed by atoms with Crippen LogP contribution in [0.2, 0.25) is 0 Å². The first-order valence-electron chi connectivity index (χ1n) is 11.1. The Kier molecular flexibility index (Phi) is 6.49. The number of H-pyrrole nitrogens is 1. The molecule has 5 heteroatoms. The lowest BCUT2D eigenvalue weighted by molar-refractivity contribution is 0.539. The van der Waals surface area contributed by atoms with Crippen LogP contribution >= 0.6 is 0 Å². The van der Waals surface area contributed by atoms with E-state index >= 15 is 0 Å². The number of hydrogen-bond donors (Lipinski definition) is 3. The normalized spacial score (nSPS) is 11.1. The number of aromatic amines is 1. The van der Waals surface area contributed by atoms with Crippen molar-refractivity contribution in [2.45, 2.75) is 45.4 Å². The van der Waals surface area contributed by atoms with Gasteiger partial charge in [-0.3, -0.25) is 0 Å². The summed E-state index contributed by atoms with van der Waals surface area (Å²) in [7, 11) is 0. The van der Waals surface area contributed by atoms with Gasteiger partial charge >= 0.3 is 0 Å². The zero-order valence-corrected chi connectivity index (χ0v) is 18.2. The van der Waals surface area contributed by atoms with Crippen LogP contribution in [0.5, 0.6) is 0 Å². The molecule has 4 aromatic rings. The lowest BCUT2D eigenvalue weighted by atomic mass is 9.98. The van der Waals surface area contributed by atoms with Crippen molar-refractivity contribution in [3.63, 3.8) is 0 Å². The molecule has 4 rings (SSSR count). The molecule has 31 heavy (non-hydrogen) atoms. The van der Waals surface area contributed by atoms with Crippen molar-refractivity contribution in [3.8, 4) is 11.8 Å². The van der Waals surface area contributed by atoms with E-state index in [0.29, 0.717) is 12.5 Å². The van der Waals surface area contributed by atoms with E-state index in [1.165, 1.54) is 0 Å². The number of nitrogens with zero attached hydrogens (tertiary/aromatic N) is 2. The van der Waals surface area contributed by atoms with E-state index in [1.54, 1.807) is 0 Å². The topological polar surface area (TPSA) is 79.6 Å². The van der Waals surface area contributed by atoms with Gasteiger partial charge in [-0.05, 0) is 43.2 Å². The zero-order valence-electron chi connectivity index (χ0n) is 18.2. The van der Waals surface area contributed by atoms with Crippen molar-refractivity contribution in [3.05, 3.63) is 59.9 Å². The van der Waals surface area contributed by atoms with Crippen LogP contribution in [0.25, 0.3) is 21.9 Å². The molecule has 2 aromatic heterocycles. The van der Waals surface area contributed by atoms with Crippen molar-refractivity contribution in [2.24, 2.45) is 5.73 Å². The molecular formula is C26H29N5. The van der Waals surface area contributed by atoms with Crippen LogP contribution in [-0.4, -0.2) is 21.5 Å². The Labute approximate surface area is 183 Å². The number of nitrogens with one attached hydrogen (secondary N) is 2. The third-order valence-electron chi connectivity index (χ3n) is 5.49. The van der Waals surface area contributed by atoms with Gasteiger partial charge in [-0.2, -0.15) is 0 Å². The van der Waals surface area contributed by atoms with E-state index in [0.717, 1.165) is 70.5 Å². The Morgan fingerprint density at radius 2 is 1.74 bits per heavy atom. The molecule has 0 aliphatic carbocycles. The molecule has 4 N–H and O–H groups in total. The maximum atomic E-state index is 5.46. The van der Waals surface area contributed by atoms with Gasteiger partial charge in [0.1, 0.15) is 16.9 Å². The number of nitrogens with two attached hydrogens (primary N) is 1. The van der Waals surface area contributed by atoms with E-state index < -0.39 is 0 Å². The van der Waals surface area contributed by atoms with Gasteiger partial charge in [0.25, 0.3) is 0 Å². The highest BCUT2D eigenvalue weighted by molar-refractivity contribution is 6.07. The summed E-state index contributed by atoms with van der Waals surface area (Å²) in [5, 5.41) is 4.56. The molecule has 0 saturated carbocycles. The lowest BCUT2D eigenvalue weighted by Crippen LogP contribution is -2.00. The fourth-order valence-electron chi connectivity index (χ4n) is 4.03. The van der Waals surface area contributed by atoms with Crippen LogP contribution < -0.4 is 11.1 Å². The summed E-state index contributed by atoms with van der Waals surface area (Å²) in [5.41, 5.74) is 10.2. The van der Waals surface area contributed by atoms with Gasteiger partial charge in [-0.15, -0.1) is 0 Å². The number of aromatic nitrogens is 3. The Hall–Kier alpha value is -3.36. The van der Waals surface area contributed by atoms with Crippen LogP contribution in [0.15, 0.2) is 48.5 Å². The van der Waals surface area contributed by atoms with Crippen molar-refractivity contribution in [2.75, 3.05) is 11.9 Å². The predicted molar refractivity (Wildman–Crippen MR) is 130 cm³/mol. The SMILES string of the molecule is CCCC(CCC)c1nc2c([nH]1)c(Nc1ccc(C#CCN)cc1)nc1ccccc12. The molecular weight excluding hydrogens is 382 g/mol. The first-order valence-corrected chi connectivity index (χ1v) is 11.1. The average Bonchev–Trinajstić information content (AvgIpc) is 3.25. The standard InChI is InChI=1S/C26H29N5/c1-3-8-19(9-4-2)25-30-23-21-11-5-6-12-22(21)29-26(24(23)31-25)28-20-15-13-18(14-16-20)10-7-17-27/h5-6,11-16,19H,3-4,8-9,17,27H2,1-2H3,(H,28,29)(H,30,31). The average molecular weight is 412 g/mol. The minimum Gasteiger partial charge on any atom is -0.339 e. The quantitative estimate of drug-likeness (QED) is 0.333. The van der Waals surface area contributed by atoms with Gasteiger partial charge in [-0.25, -0.2) is 9.97 Å². The zero-order chi connectivity index (χ0) is 21.6. The highest BCUT2D eigenvalue weighted by Gasteiger charge is 2.18. The van der Waals surface area contributed by atoms with E-state index in [2.05, 4.69) is 42.1 Å². The molecule has 2 aromatic carbocycles. The van der Waals surface area contributed by atoms with Gasteiger partial charge in [-0.1, -0.05) is 56.7 Å². The fourth-order valence-corrected chi connectivity index (χ4v) is 4.03. The van der Waals surface area contributed by atoms with Gasteiger partial charge in [0.2, 0.25) is 0 Å². The minimum atomic E-state index is 0.359. The number of anilines is 2. The van der Waals surface area contributed by atoms with Crippen molar-refractivity contribution < 1.29 is 0 Å². The maximum absolute atomic E-state index is 5.46. The first kappa shape index (κ1) is 20.9. The molecule has 0 aliphatic heterocycles. The molecule has 0 atom stereocenters. The molecule has 5 nitrogen and oxygen atoms in total. The van der Waals surface area contributed by atoms with E-state index in [4.69, 9.17) is 15.7 Å². The van der Waals surface area contributed by atoms with Crippen LogP contribution in [0.1, 0.15) is 56.8 Å². The maximum Gasteiger partial charge on any atom is 0.157 e. The van der Waals surface area contributed by atoms with Crippen LogP contribution in [-0.2, 0) is 0 Å². The number of rotatable bonds is 7. The second kappa shape index (κ2) is 9.63. The largest absolute Gasteiger partial charge is 0.339 e. The second-order valence-corrected chi connectivity index (χ2v) is 7.81. The van der Waals surface area contributed by atoms with Crippen molar-refractivity contribution in [1.29, 1.82) is 0 Å². The number of imidazole rings is 1. The molecule has 0 radical (unpaired) electrons. The molecule has 0 bridgehead atoms. The smallest absolute Gasteiger partial charge is 0.157 e. The molecule has 0 aliphatic rings. The Balaban J connectivity index is 1.78. The van der Waals surface area contributed by atoms with Crippen LogP contribution in [0.3, 0.4) is 0 Å². The molecule has 0 saturated heterocycles. The number of para-hydroxylation sites is 1. The third-order valence-corrected chi connectivity index (χ3v) is 5.49. The minimum absolute atomic E-state index is 0.359. The number of fused-ring (bicyclic) bond motifs is 3. The lowest BCUT2D eigenvalue weighted by Gasteiger charge is -2.11. The van der Waals surface area contributed by atoms with Crippen LogP contribution in [0, 0.1) is 11.8 Å². The van der Waals surface area contributed by atoms with Crippen molar-refractivity contribution >= 4 is 33.4 Å². The summed E-state index contributed by atoms with van der Waals surface area (Å²) < 4.78 is 0. The molecule has 0 fully saturated rings. The van der Waals surface area contributed by atoms with E-state index in [-0.39, 0.29) is 0 Å². The Bertz CT molecular complexity index is 1220. The van der Waals surface area contributed by atoms with Gasteiger partial charge in [0, 0.05) is 22.6 Å². The summed E-state index contributed by atoms with van der Waals surface area (Å²) in [6.07, 6.45) is 4.55. The van der Waals surface area contributed by atoms with Gasteiger partial charge < -0.3 is 16.0 Å². The predicted octanol–water partition coefficient (Wildman–Crippen LogP) is 5.85. The summed E-state index contributed by atoms with van der Waals surface area (Å²) in [5.74, 6) is 8.23. The summed E-state index contributed by atoms with van der Waals surface area (Å²) in [6, 6.07) is 16.2. The van der Waals surface area contributed by atoms with Crippen molar-refractivity contribution in [1.82, 2.24) is 15.0 Å². The molecule has 0 amide bonds. The molecule has 0 unspecified atom stereocenters. The summed E-state index contributed by atoms with van der Waals surface area (Å²) >= 11 is 0. The van der Waals surface area contributed by atoms with E-state index in [9.17, 15) is 0 Å². The van der Waals surface area contributed by atoms with E-state index in [1.807, 2.05) is 42.5 Å². The molecule has 0 spiro atoms.